The fourth-order valence-corrected chi connectivity index (χ4v) is 2.52. The van der Waals surface area contributed by atoms with Crippen molar-refractivity contribution in [3.8, 4) is 0 Å². The first-order chi connectivity index (χ1) is 8.97. The molecule has 5 heteroatoms. The third kappa shape index (κ3) is 3.37. The van der Waals surface area contributed by atoms with Crippen molar-refractivity contribution >= 4 is 29.0 Å². The SMILES string of the molecule is Cc1cc(CC(=O)Cc2c(Cl)cccc2Cl)n(C)n1. The second-order valence-electron chi connectivity index (χ2n) is 4.49. The molecule has 0 spiro atoms. The second-order valence-corrected chi connectivity index (χ2v) is 5.31. The van der Waals surface area contributed by atoms with E-state index in [0.29, 0.717) is 22.0 Å². The van der Waals surface area contributed by atoms with E-state index in [1.54, 1.807) is 22.9 Å². The Labute approximate surface area is 122 Å². The van der Waals surface area contributed by atoms with E-state index in [4.69, 9.17) is 23.2 Å². The Morgan fingerprint density at radius 2 is 1.89 bits per heavy atom. The molecule has 3 nitrogen and oxygen atoms in total. The van der Waals surface area contributed by atoms with Crippen LogP contribution in [0, 0.1) is 6.92 Å². The number of carbonyl (C=O) groups excluding carboxylic acids is 1. The lowest BCUT2D eigenvalue weighted by atomic mass is 10.1. The highest BCUT2D eigenvalue weighted by Crippen LogP contribution is 2.25. The quantitative estimate of drug-likeness (QED) is 0.867. The van der Waals surface area contributed by atoms with E-state index in [2.05, 4.69) is 5.10 Å². The summed E-state index contributed by atoms with van der Waals surface area (Å²) in [5.74, 6) is 0.0676. The molecule has 100 valence electrons. The van der Waals surface area contributed by atoms with Gasteiger partial charge in [-0.05, 0) is 30.7 Å². The zero-order valence-corrected chi connectivity index (χ0v) is 12.3. The molecule has 0 N–H and O–H groups in total. The van der Waals surface area contributed by atoms with Crippen LogP contribution in [0.3, 0.4) is 0 Å². The Kier molecular flexibility index (Phi) is 4.27. The molecule has 1 aromatic heterocycles. The lowest BCUT2D eigenvalue weighted by molar-refractivity contribution is -0.117. The minimum Gasteiger partial charge on any atom is -0.299 e. The van der Waals surface area contributed by atoms with Gasteiger partial charge in [-0.25, -0.2) is 0 Å². The van der Waals surface area contributed by atoms with Gasteiger partial charge in [-0.3, -0.25) is 9.48 Å². The Bertz CT molecular complexity index is 600. The molecule has 0 radical (unpaired) electrons. The number of benzene rings is 1. The number of ketones is 1. The topological polar surface area (TPSA) is 34.9 Å². The highest BCUT2D eigenvalue weighted by atomic mass is 35.5. The van der Waals surface area contributed by atoms with Crippen molar-refractivity contribution in [2.24, 2.45) is 7.05 Å². The van der Waals surface area contributed by atoms with E-state index in [1.165, 1.54) is 0 Å². The first-order valence-electron chi connectivity index (χ1n) is 5.91. The van der Waals surface area contributed by atoms with Crippen molar-refractivity contribution in [3.63, 3.8) is 0 Å². The molecule has 0 saturated carbocycles. The van der Waals surface area contributed by atoms with Gasteiger partial charge < -0.3 is 0 Å². The van der Waals surface area contributed by atoms with Crippen LogP contribution >= 0.6 is 23.2 Å². The molecule has 1 aromatic carbocycles. The second kappa shape index (κ2) is 5.76. The molecular formula is C14H14Cl2N2O. The van der Waals surface area contributed by atoms with Gasteiger partial charge in [-0.2, -0.15) is 5.10 Å². The molecule has 0 aliphatic rings. The van der Waals surface area contributed by atoms with Gasteiger partial charge in [0.1, 0.15) is 5.78 Å². The van der Waals surface area contributed by atoms with Crippen LogP contribution in [0.15, 0.2) is 24.3 Å². The van der Waals surface area contributed by atoms with Gasteiger partial charge >= 0.3 is 0 Å². The van der Waals surface area contributed by atoms with Crippen molar-refractivity contribution in [3.05, 3.63) is 51.3 Å². The predicted molar refractivity (Wildman–Crippen MR) is 76.8 cm³/mol. The summed E-state index contributed by atoms with van der Waals surface area (Å²) >= 11 is 12.1. The van der Waals surface area contributed by atoms with Crippen molar-refractivity contribution in [2.45, 2.75) is 19.8 Å². The molecule has 19 heavy (non-hydrogen) atoms. The molecule has 0 bridgehead atoms. The molecule has 0 aliphatic carbocycles. The summed E-state index contributed by atoms with van der Waals surface area (Å²) in [4.78, 5) is 12.1. The number of carbonyl (C=O) groups is 1. The summed E-state index contributed by atoms with van der Waals surface area (Å²) in [7, 11) is 1.83. The van der Waals surface area contributed by atoms with Crippen LogP contribution in [0.25, 0.3) is 0 Å². The minimum atomic E-state index is 0.0676. The van der Waals surface area contributed by atoms with E-state index in [9.17, 15) is 4.79 Å². The standard InChI is InChI=1S/C14H14Cl2N2O/c1-9-6-10(18(2)17-9)7-11(19)8-12-13(15)4-3-5-14(12)16/h3-6H,7-8H2,1-2H3. The lowest BCUT2D eigenvalue weighted by Crippen LogP contribution is -2.10. The number of aromatic nitrogens is 2. The van der Waals surface area contributed by atoms with E-state index in [0.717, 1.165) is 11.4 Å². The van der Waals surface area contributed by atoms with Gasteiger partial charge in [0, 0.05) is 35.6 Å². The van der Waals surface area contributed by atoms with Crippen LogP contribution < -0.4 is 0 Å². The summed E-state index contributed by atoms with van der Waals surface area (Å²) in [6.07, 6.45) is 0.571. The smallest absolute Gasteiger partial charge is 0.143 e. The van der Waals surface area contributed by atoms with Crippen molar-refractivity contribution < 1.29 is 4.79 Å². The number of nitrogens with zero attached hydrogens (tertiary/aromatic N) is 2. The van der Waals surface area contributed by atoms with Gasteiger partial charge in [0.2, 0.25) is 0 Å². The predicted octanol–water partition coefficient (Wildman–Crippen LogP) is 3.39. The summed E-state index contributed by atoms with van der Waals surface area (Å²) < 4.78 is 1.72. The Morgan fingerprint density at radius 1 is 1.26 bits per heavy atom. The fourth-order valence-electron chi connectivity index (χ4n) is 1.99. The maximum atomic E-state index is 12.1. The van der Waals surface area contributed by atoms with Gasteiger partial charge in [-0.15, -0.1) is 0 Å². The number of Topliss-reactive ketones (excluding diaryl/α,β-unsaturated/α-hetero) is 1. The van der Waals surface area contributed by atoms with E-state index in [1.807, 2.05) is 20.0 Å². The summed E-state index contributed by atoms with van der Waals surface area (Å²) in [5, 5.41) is 5.28. The van der Waals surface area contributed by atoms with Crippen LogP contribution in [-0.2, 0) is 24.7 Å². The van der Waals surface area contributed by atoms with E-state index in [-0.39, 0.29) is 12.2 Å². The molecular weight excluding hydrogens is 283 g/mol. The van der Waals surface area contributed by atoms with Gasteiger partial charge in [-0.1, -0.05) is 29.3 Å². The van der Waals surface area contributed by atoms with Crippen molar-refractivity contribution in [1.29, 1.82) is 0 Å². The third-order valence-corrected chi connectivity index (χ3v) is 3.62. The molecule has 2 rings (SSSR count). The van der Waals surface area contributed by atoms with Gasteiger partial charge in [0.05, 0.1) is 5.69 Å². The van der Waals surface area contributed by atoms with Crippen LogP contribution in [0.4, 0.5) is 0 Å². The maximum Gasteiger partial charge on any atom is 0.143 e. The normalized spacial score (nSPS) is 10.7. The van der Waals surface area contributed by atoms with E-state index < -0.39 is 0 Å². The highest BCUT2D eigenvalue weighted by molar-refractivity contribution is 6.36. The molecule has 0 unspecified atom stereocenters. The molecule has 0 amide bonds. The number of hydrogen-bond donors (Lipinski definition) is 0. The van der Waals surface area contributed by atoms with Crippen LogP contribution in [0.5, 0.6) is 0 Å². The molecule has 1 heterocycles. The summed E-state index contributed by atoms with van der Waals surface area (Å²) in [5.41, 5.74) is 2.49. The molecule has 0 atom stereocenters. The van der Waals surface area contributed by atoms with E-state index >= 15 is 0 Å². The largest absolute Gasteiger partial charge is 0.299 e. The Morgan fingerprint density at radius 3 is 2.42 bits per heavy atom. The summed E-state index contributed by atoms with van der Waals surface area (Å²) in [6, 6.07) is 7.16. The monoisotopic (exact) mass is 296 g/mol. The minimum absolute atomic E-state index is 0.0676. The lowest BCUT2D eigenvalue weighted by Gasteiger charge is -2.06. The number of hydrogen-bond acceptors (Lipinski definition) is 2. The zero-order valence-electron chi connectivity index (χ0n) is 10.8. The molecule has 0 fully saturated rings. The fraction of sp³-hybridized carbons (Fsp3) is 0.286. The zero-order chi connectivity index (χ0) is 14.0. The first-order valence-corrected chi connectivity index (χ1v) is 6.67. The average Bonchev–Trinajstić information content (AvgIpc) is 2.63. The third-order valence-electron chi connectivity index (χ3n) is 2.91. The van der Waals surface area contributed by atoms with Crippen molar-refractivity contribution in [2.75, 3.05) is 0 Å². The van der Waals surface area contributed by atoms with Crippen LogP contribution in [0.1, 0.15) is 17.0 Å². The number of aryl methyl sites for hydroxylation is 2. The Balaban J connectivity index is 2.12. The van der Waals surface area contributed by atoms with Gasteiger partial charge in [0.25, 0.3) is 0 Å². The first kappa shape index (κ1) is 14.1. The summed E-state index contributed by atoms with van der Waals surface area (Å²) in [6.45, 7) is 1.90. The molecule has 0 aliphatic heterocycles. The average molecular weight is 297 g/mol. The number of rotatable bonds is 4. The molecule has 2 aromatic rings. The van der Waals surface area contributed by atoms with Gasteiger partial charge in [0.15, 0.2) is 0 Å². The van der Waals surface area contributed by atoms with Crippen molar-refractivity contribution in [1.82, 2.24) is 9.78 Å². The number of halogens is 2. The maximum absolute atomic E-state index is 12.1. The molecule has 0 saturated heterocycles. The van der Waals surface area contributed by atoms with Crippen LogP contribution in [-0.4, -0.2) is 15.6 Å². The highest BCUT2D eigenvalue weighted by Gasteiger charge is 2.13. The van der Waals surface area contributed by atoms with Crippen LogP contribution in [0.2, 0.25) is 10.0 Å². The Hall–Kier alpha value is -1.32.